The molecule has 0 N–H and O–H groups in total. The standard InChI is InChI=1S/C15H25NO8/c1-8(17)16(4)12-14(20-5)13(23-10(3)19)11(7-22-9(2)18)24-15(12)21-6/h11-15H,7H2,1-6H3/t11-,12-,13-,14-,15+/m1/s1. The van der Waals surface area contributed by atoms with Gasteiger partial charge in [-0.15, -0.1) is 0 Å². The number of ether oxygens (including phenoxy) is 5. The summed E-state index contributed by atoms with van der Waals surface area (Å²) in [5, 5.41) is 0. The van der Waals surface area contributed by atoms with Crippen molar-refractivity contribution in [2.24, 2.45) is 0 Å². The van der Waals surface area contributed by atoms with E-state index in [1.165, 1.54) is 39.9 Å². The molecule has 138 valence electrons. The molecule has 1 saturated heterocycles. The molecule has 0 aromatic heterocycles. The van der Waals surface area contributed by atoms with Gasteiger partial charge in [0, 0.05) is 42.0 Å². The third kappa shape index (κ3) is 4.89. The molecule has 1 fully saturated rings. The average molecular weight is 347 g/mol. The van der Waals surface area contributed by atoms with Crippen molar-refractivity contribution in [2.75, 3.05) is 27.9 Å². The van der Waals surface area contributed by atoms with Crippen LogP contribution in [0.25, 0.3) is 0 Å². The predicted octanol–water partition coefficient (Wildman–Crippen LogP) is -0.286. The quantitative estimate of drug-likeness (QED) is 0.605. The van der Waals surface area contributed by atoms with Crippen LogP contribution in [-0.2, 0) is 38.1 Å². The number of hydrogen-bond acceptors (Lipinski definition) is 8. The number of nitrogens with zero attached hydrogens (tertiary/aromatic N) is 1. The molecule has 0 bridgehead atoms. The molecule has 24 heavy (non-hydrogen) atoms. The zero-order valence-corrected chi connectivity index (χ0v) is 14.8. The first-order valence-corrected chi connectivity index (χ1v) is 7.47. The van der Waals surface area contributed by atoms with Gasteiger partial charge in [0.05, 0.1) is 0 Å². The van der Waals surface area contributed by atoms with E-state index in [4.69, 9.17) is 23.7 Å². The van der Waals surface area contributed by atoms with Gasteiger partial charge in [-0.1, -0.05) is 0 Å². The maximum Gasteiger partial charge on any atom is 0.303 e. The van der Waals surface area contributed by atoms with E-state index in [9.17, 15) is 14.4 Å². The van der Waals surface area contributed by atoms with Crippen molar-refractivity contribution in [1.29, 1.82) is 0 Å². The second-order valence-electron chi connectivity index (χ2n) is 5.48. The van der Waals surface area contributed by atoms with Crippen LogP contribution in [-0.4, -0.2) is 81.3 Å². The maximum atomic E-state index is 11.8. The number of amides is 1. The van der Waals surface area contributed by atoms with Crippen LogP contribution in [0.5, 0.6) is 0 Å². The second kappa shape index (κ2) is 8.95. The molecule has 0 saturated carbocycles. The van der Waals surface area contributed by atoms with E-state index >= 15 is 0 Å². The first kappa shape index (κ1) is 20.3. The van der Waals surface area contributed by atoms with E-state index in [1.807, 2.05) is 0 Å². The van der Waals surface area contributed by atoms with Gasteiger partial charge in [0.15, 0.2) is 12.4 Å². The first-order valence-electron chi connectivity index (χ1n) is 7.47. The van der Waals surface area contributed by atoms with Crippen LogP contribution < -0.4 is 0 Å². The summed E-state index contributed by atoms with van der Waals surface area (Å²) in [5.74, 6) is -1.27. The van der Waals surface area contributed by atoms with Gasteiger partial charge in [0.25, 0.3) is 0 Å². The van der Waals surface area contributed by atoms with Crippen LogP contribution in [0.15, 0.2) is 0 Å². The number of likely N-dealkylation sites (N-methyl/N-ethyl adjacent to an activating group) is 1. The molecular weight excluding hydrogens is 322 g/mol. The molecule has 0 aromatic carbocycles. The first-order chi connectivity index (χ1) is 11.2. The molecular formula is C15H25NO8. The van der Waals surface area contributed by atoms with Gasteiger partial charge >= 0.3 is 11.9 Å². The summed E-state index contributed by atoms with van der Waals surface area (Å²) in [7, 11) is 4.43. The zero-order valence-electron chi connectivity index (χ0n) is 14.8. The Balaban J connectivity index is 3.14. The molecule has 0 aliphatic carbocycles. The smallest absolute Gasteiger partial charge is 0.303 e. The Morgan fingerprint density at radius 3 is 2.04 bits per heavy atom. The molecule has 1 amide bonds. The zero-order chi connectivity index (χ0) is 18.4. The molecule has 5 atom stereocenters. The normalized spacial score (nSPS) is 29.7. The highest BCUT2D eigenvalue weighted by molar-refractivity contribution is 5.73. The topological polar surface area (TPSA) is 101 Å². The summed E-state index contributed by atoms with van der Waals surface area (Å²) in [6.45, 7) is 3.77. The Labute approximate surface area is 141 Å². The Hall–Kier alpha value is -1.71. The van der Waals surface area contributed by atoms with E-state index in [0.717, 1.165) is 0 Å². The number of hydrogen-bond donors (Lipinski definition) is 0. The van der Waals surface area contributed by atoms with Crippen molar-refractivity contribution in [3.63, 3.8) is 0 Å². The van der Waals surface area contributed by atoms with Crippen molar-refractivity contribution >= 4 is 17.8 Å². The molecule has 1 heterocycles. The lowest BCUT2D eigenvalue weighted by atomic mass is 9.95. The summed E-state index contributed by atoms with van der Waals surface area (Å²) in [6.07, 6.45) is -3.22. The summed E-state index contributed by atoms with van der Waals surface area (Å²) in [4.78, 5) is 35.7. The Morgan fingerprint density at radius 1 is 1.00 bits per heavy atom. The van der Waals surface area contributed by atoms with E-state index in [1.54, 1.807) is 7.05 Å². The van der Waals surface area contributed by atoms with Crippen LogP contribution in [0.2, 0.25) is 0 Å². The van der Waals surface area contributed by atoms with Crippen molar-refractivity contribution in [2.45, 2.75) is 51.4 Å². The van der Waals surface area contributed by atoms with Gasteiger partial charge < -0.3 is 28.6 Å². The van der Waals surface area contributed by atoms with E-state index in [0.29, 0.717) is 0 Å². The van der Waals surface area contributed by atoms with Gasteiger partial charge in [-0.25, -0.2) is 0 Å². The van der Waals surface area contributed by atoms with Crippen molar-refractivity contribution in [3.05, 3.63) is 0 Å². The minimum atomic E-state index is -0.870. The summed E-state index contributed by atoms with van der Waals surface area (Å²) < 4.78 is 26.9. The van der Waals surface area contributed by atoms with E-state index in [2.05, 4.69) is 0 Å². The van der Waals surface area contributed by atoms with Crippen molar-refractivity contribution in [3.8, 4) is 0 Å². The highest BCUT2D eigenvalue weighted by Gasteiger charge is 2.51. The highest BCUT2D eigenvalue weighted by Crippen LogP contribution is 2.29. The lowest BCUT2D eigenvalue weighted by molar-refractivity contribution is -0.284. The predicted molar refractivity (Wildman–Crippen MR) is 80.9 cm³/mol. The van der Waals surface area contributed by atoms with Crippen molar-refractivity contribution in [1.82, 2.24) is 4.90 Å². The van der Waals surface area contributed by atoms with Crippen LogP contribution in [0, 0.1) is 0 Å². The maximum absolute atomic E-state index is 11.8. The van der Waals surface area contributed by atoms with Crippen molar-refractivity contribution < 1.29 is 38.1 Å². The molecule has 0 aromatic rings. The summed E-state index contributed by atoms with van der Waals surface area (Å²) in [6, 6.07) is -0.643. The molecule has 1 aliphatic rings. The molecule has 0 unspecified atom stereocenters. The fraction of sp³-hybridized carbons (Fsp3) is 0.800. The Kier molecular flexibility index (Phi) is 7.59. The van der Waals surface area contributed by atoms with Gasteiger partial charge in [0.2, 0.25) is 5.91 Å². The van der Waals surface area contributed by atoms with E-state index < -0.39 is 42.6 Å². The number of carbonyl (C=O) groups is 3. The summed E-state index contributed by atoms with van der Waals surface area (Å²) in [5.41, 5.74) is 0. The molecule has 9 nitrogen and oxygen atoms in total. The Bertz CT molecular complexity index is 468. The Morgan fingerprint density at radius 2 is 1.62 bits per heavy atom. The van der Waals surface area contributed by atoms with Crippen LogP contribution in [0.1, 0.15) is 20.8 Å². The van der Waals surface area contributed by atoms with Gasteiger partial charge in [-0.05, 0) is 0 Å². The highest BCUT2D eigenvalue weighted by atomic mass is 16.7. The molecule has 1 rings (SSSR count). The third-order valence-electron chi connectivity index (χ3n) is 3.82. The third-order valence-corrected chi connectivity index (χ3v) is 3.82. The lowest BCUT2D eigenvalue weighted by Crippen LogP contribution is -2.66. The molecule has 1 aliphatic heterocycles. The fourth-order valence-corrected chi connectivity index (χ4v) is 2.64. The number of esters is 2. The molecule has 0 spiro atoms. The molecule has 9 heteroatoms. The SMILES string of the molecule is CO[C@H]1O[C@H](COC(C)=O)[C@@H](OC(C)=O)[C@H](OC)[C@H]1N(C)C(C)=O. The molecule has 0 radical (unpaired) electrons. The number of methoxy groups -OCH3 is 2. The monoisotopic (exact) mass is 347 g/mol. The number of carbonyl (C=O) groups excluding carboxylic acids is 3. The fourth-order valence-electron chi connectivity index (χ4n) is 2.64. The van der Waals surface area contributed by atoms with Gasteiger partial charge in [-0.3, -0.25) is 14.4 Å². The minimum absolute atomic E-state index is 0.135. The largest absolute Gasteiger partial charge is 0.463 e. The van der Waals surface area contributed by atoms with Crippen LogP contribution >= 0.6 is 0 Å². The van der Waals surface area contributed by atoms with Gasteiger partial charge in [0.1, 0.15) is 24.9 Å². The summed E-state index contributed by atoms with van der Waals surface area (Å²) >= 11 is 0. The average Bonchev–Trinajstić information content (AvgIpc) is 2.51. The van der Waals surface area contributed by atoms with Crippen LogP contribution in [0.3, 0.4) is 0 Å². The number of rotatable bonds is 6. The van der Waals surface area contributed by atoms with Gasteiger partial charge in [-0.2, -0.15) is 0 Å². The minimum Gasteiger partial charge on any atom is -0.463 e. The van der Waals surface area contributed by atoms with Crippen LogP contribution in [0.4, 0.5) is 0 Å². The second-order valence-corrected chi connectivity index (χ2v) is 5.48. The lowest BCUT2D eigenvalue weighted by Gasteiger charge is -2.47. The van der Waals surface area contributed by atoms with E-state index in [-0.39, 0.29) is 12.5 Å².